The van der Waals surface area contributed by atoms with Crippen LogP contribution < -0.4 is 16.2 Å². The van der Waals surface area contributed by atoms with Gasteiger partial charge >= 0.3 is 6.01 Å². The first-order valence-electron chi connectivity index (χ1n) is 10.2. The third-order valence-electron chi connectivity index (χ3n) is 5.54. The summed E-state index contributed by atoms with van der Waals surface area (Å²) in [5.74, 6) is -0.680. The van der Waals surface area contributed by atoms with Crippen molar-refractivity contribution in [1.82, 2.24) is 19.9 Å². The first-order valence-corrected chi connectivity index (χ1v) is 10.2. The fourth-order valence-corrected chi connectivity index (χ4v) is 3.98. The van der Waals surface area contributed by atoms with Crippen molar-refractivity contribution >= 4 is 39.6 Å². The molecule has 0 saturated carbocycles. The second kappa shape index (κ2) is 7.89. The van der Waals surface area contributed by atoms with E-state index in [4.69, 9.17) is 26.4 Å². The molecule has 162 valence electrons. The number of aromatic amines is 1. The summed E-state index contributed by atoms with van der Waals surface area (Å²) >= 11 is 0. The van der Waals surface area contributed by atoms with Gasteiger partial charge in [0.05, 0.1) is 30.1 Å². The van der Waals surface area contributed by atoms with Crippen LogP contribution in [-0.2, 0) is 4.74 Å². The van der Waals surface area contributed by atoms with E-state index in [1.165, 1.54) is 6.21 Å². The number of nitrogens with one attached hydrogen (secondary N) is 2. The zero-order valence-corrected chi connectivity index (χ0v) is 17.1. The molecule has 1 aliphatic heterocycles. The molecule has 1 amide bonds. The van der Waals surface area contributed by atoms with Gasteiger partial charge < -0.3 is 31.3 Å². The first-order chi connectivity index (χ1) is 15.5. The van der Waals surface area contributed by atoms with Gasteiger partial charge in [-0.05, 0) is 24.3 Å². The molecule has 0 atom stereocenters. The SMILES string of the molecule is N=Cc1c(N)ccc2[nH]c3c(C(N)=O)nc(-c4ccnc(OC5CCOCC5)n4)cc3c12. The Balaban J connectivity index is 1.67. The van der Waals surface area contributed by atoms with Gasteiger partial charge in [-0.15, -0.1) is 0 Å². The van der Waals surface area contributed by atoms with Crippen LogP contribution in [0.25, 0.3) is 33.2 Å². The second-order valence-electron chi connectivity index (χ2n) is 7.56. The van der Waals surface area contributed by atoms with Crippen LogP contribution >= 0.6 is 0 Å². The van der Waals surface area contributed by atoms with Crippen molar-refractivity contribution in [1.29, 1.82) is 5.41 Å². The Morgan fingerprint density at radius 2 is 2.03 bits per heavy atom. The molecule has 0 unspecified atom stereocenters. The number of carbonyl (C=O) groups excluding carboxylic acids is 1. The highest BCUT2D eigenvalue weighted by molar-refractivity contribution is 6.20. The number of H-pyrrole nitrogens is 1. The van der Waals surface area contributed by atoms with E-state index in [0.29, 0.717) is 52.1 Å². The largest absolute Gasteiger partial charge is 0.460 e. The molecule has 6 N–H and O–H groups in total. The quantitative estimate of drug-likeness (QED) is 0.278. The van der Waals surface area contributed by atoms with Crippen molar-refractivity contribution in [2.45, 2.75) is 18.9 Å². The van der Waals surface area contributed by atoms with Gasteiger partial charge in [0.1, 0.15) is 6.10 Å². The maximum atomic E-state index is 12.2. The first kappa shape index (κ1) is 19.9. The molecule has 10 nitrogen and oxygen atoms in total. The number of hydrogen-bond donors (Lipinski definition) is 4. The average Bonchev–Trinajstić information content (AvgIpc) is 3.18. The second-order valence-corrected chi connectivity index (χ2v) is 7.56. The number of carbonyl (C=O) groups is 1. The normalized spacial score (nSPS) is 14.6. The summed E-state index contributed by atoms with van der Waals surface area (Å²) in [7, 11) is 0. The summed E-state index contributed by atoms with van der Waals surface area (Å²) in [5.41, 5.74) is 14.9. The highest BCUT2D eigenvalue weighted by Crippen LogP contribution is 2.34. The molecule has 0 bridgehead atoms. The lowest BCUT2D eigenvalue weighted by Gasteiger charge is -2.22. The van der Waals surface area contributed by atoms with E-state index in [0.717, 1.165) is 18.4 Å². The number of rotatable bonds is 5. The summed E-state index contributed by atoms with van der Waals surface area (Å²) in [6, 6.07) is 7.23. The highest BCUT2D eigenvalue weighted by atomic mass is 16.5. The monoisotopic (exact) mass is 431 g/mol. The number of nitrogens with zero attached hydrogens (tertiary/aromatic N) is 3. The number of aromatic nitrogens is 4. The number of fused-ring (bicyclic) bond motifs is 3. The van der Waals surface area contributed by atoms with E-state index >= 15 is 0 Å². The predicted molar refractivity (Wildman–Crippen MR) is 120 cm³/mol. The van der Waals surface area contributed by atoms with Gasteiger partial charge in [-0.2, -0.15) is 4.98 Å². The molecular weight excluding hydrogens is 410 g/mol. The molecule has 32 heavy (non-hydrogen) atoms. The number of benzene rings is 1. The van der Waals surface area contributed by atoms with Crippen molar-refractivity contribution < 1.29 is 14.3 Å². The van der Waals surface area contributed by atoms with Crippen molar-refractivity contribution in [3.8, 4) is 17.4 Å². The van der Waals surface area contributed by atoms with Crippen molar-refractivity contribution in [2.24, 2.45) is 5.73 Å². The minimum atomic E-state index is -0.680. The van der Waals surface area contributed by atoms with Crippen LogP contribution in [0, 0.1) is 5.41 Å². The number of pyridine rings is 1. The van der Waals surface area contributed by atoms with Crippen LogP contribution in [-0.4, -0.2) is 51.4 Å². The summed E-state index contributed by atoms with van der Waals surface area (Å²) in [6.07, 6.45) is 4.31. The summed E-state index contributed by atoms with van der Waals surface area (Å²) < 4.78 is 11.3. The van der Waals surface area contributed by atoms with Gasteiger partial charge in [0.15, 0.2) is 5.69 Å². The van der Waals surface area contributed by atoms with Crippen molar-refractivity contribution in [3.05, 3.63) is 41.7 Å². The standard InChI is InChI=1S/C22H21N7O3/c23-10-13-14(24)1-2-16-18(13)12-9-17(28-20(21(25)30)19(12)27-16)15-3-6-26-22(29-15)32-11-4-7-31-8-5-11/h1-3,6,9-11,23,27H,4-5,7-8,24H2,(H2,25,30). The lowest BCUT2D eigenvalue weighted by atomic mass is 10.0. The molecule has 1 aliphatic rings. The Hall–Kier alpha value is -4.05. The fourth-order valence-electron chi connectivity index (χ4n) is 3.98. The molecule has 1 aromatic carbocycles. The van der Waals surface area contributed by atoms with E-state index in [9.17, 15) is 4.79 Å². The molecule has 4 heterocycles. The minimum Gasteiger partial charge on any atom is -0.460 e. The summed E-state index contributed by atoms with van der Waals surface area (Å²) in [4.78, 5) is 28.6. The van der Waals surface area contributed by atoms with E-state index < -0.39 is 5.91 Å². The van der Waals surface area contributed by atoms with Crippen molar-refractivity contribution in [2.75, 3.05) is 18.9 Å². The molecular formula is C22H21N7O3. The molecule has 1 saturated heterocycles. The maximum Gasteiger partial charge on any atom is 0.317 e. The number of anilines is 1. The minimum absolute atomic E-state index is 0.0117. The molecule has 0 spiro atoms. The lowest BCUT2D eigenvalue weighted by molar-refractivity contribution is 0.0217. The number of nitrogens with two attached hydrogens (primary N) is 2. The highest BCUT2D eigenvalue weighted by Gasteiger charge is 2.20. The molecule has 5 rings (SSSR count). The number of primary amides is 1. The lowest BCUT2D eigenvalue weighted by Crippen LogP contribution is -2.26. The fraction of sp³-hybridized carbons (Fsp3) is 0.227. The van der Waals surface area contributed by atoms with E-state index in [1.54, 1.807) is 30.5 Å². The molecule has 4 aromatic rings. The van der Waals surface area contributed by atoms with Gasteiger partial charge in [-0.1, -0.05) is 0 Å². The van der Waals surface area contributed by atoms with E-state index in [2.05, 4.69) is 19.9 Å². The third-order valence-corrected chi connectivity index (χ3v) is 5.54. The van der Waals surface area contributed by atoms with Crippen LogP contribution in [0.1, 0.15) is 28.9 Å². The van der Waals surface area contributed by atoms with Crippen molar-refractivity contribution in [3.63, 3.8) is 0 Å². The maximum absolute atomic E-state index is 12.2. The zero-order valence-electron chi connectivity index (χ0n) is 17.1. The van der Waals surface area contributed by atoms with Gasteiger partial charge in [0.2, 0.25) is 0 Å². The summed E-state index contributed by atoms with van der Waals surface area (Å²) in [5, 5.41) is 9.21. The Labute approximate surface area is 182 Å². The van der Waals surface area contributed by atoms with Crippen LogP contribution in [0.5, 0.6) is 6.01 Å². The topological polar surface area (TPSA) is 166 Å². The number of amides is 1. The van der Waals surface area contributed by atoms with Crippen LogP contribution in [0.2, 0.25) is 0 Å². The Bertz CT molecular complexity index is 1360. The Morgan fingerprint density at radius 1 is 1.22 bits per heavy atom. The predicted octanol–water partition coefficient (Wildman–Crippen LogP) is 2.41. The number of nitrogen functional groups attached to an aromatic ring is 1. The molecule has 0 radical (unpaired) electrons. The van der Waals surface area contributed by atoms with Gasteiger partial charge in [0.25, 0.3) is 5.91 Å². The smallest absolute Gasteiger partial charge is 0.317 e. The number of ether oxygens (including phenoxy) is 2. The van der Waals surface area contributed by atoms with Gasteiger partial charge in [-0.25, -0.2) is 9.97 Å². The number of hydrogen-bond acceptors (Lipinski definition) is 8. The van der Waals surface area contributed by atoms with E-state index in [1.807, 2.05) is 0 Å². The summed E-state index contributed by atoms with van der Waals surface area (Å²) in [6.45, 7) is 1.28. The Kier molecular flexibility index (Phi) is 4.91. The van der Waals surface area contributed by atoms with Crippen LogP contribution in [0.3, 0.4) is 0 Å². The third kappa shape index (κ3) is 3.40. The Morgan fingerprint density at radius 3 is 2.78 bits per heavy atom. The van der Waals surface area contributed by atoms with Crippen LogP contribution in [0.4, 0.5) is 5.69 Å². The zero-order chi connectivity index (χ0) is 22.2. The molecule has 3 aromatic heterocycles. The van der Waals surface area contributed by atoms with E-state index in [-0.39, 0.29) is 17.8 Å². The average molecular weight is 431 g/mol. The van der Waals surface area contributed by atoms with Gasteiger partial charge in [-0.3, -0.25) is 4.79 Å². The molecule has 1 fully saturated rings. The van der Waals surface area contributed by atoms with Crippen LogP contribution in [0.15, 0.2) is 30.5 Å². The van der Waals surface area contributed by atoms with Gasteiger partial charge in [0, 0.05) is 52.8 Å². The molecule has 0 aliphatic carbocycles. The molecule has 10 heteroatoms.